The molecule has 0 unspecified atom stereocenters. The van der Waals surface area contributed by atoms with Gasteiger partial charge < -0.3 is 10.6 Å². The van der Waals surface area contributed by atoms with E-state index in [1.165, 1.54) is 0 Å². The van der Waals surface area contributed by atoms with E-state index in [0.717, 1.165) is 23.2 Å². The van der Waals surface area contributed by atoms with E-state index in [9.17, 15) is 4.79 Å². The van der Waals surface area contributed by atoms with Gasteiger partial charge in [-0.1, -0.05) is 44.5 Å². The van der Waals surface area contributed by atoms with Crippen molar-refractivity contribution in [2.24, 2.45) is 5.92 Å². The lowest BCUT2D eigenvalue weighted by molar-refractivity contribution is 0.255. The molecule has 0 saturated heterocycles. The number of amides is 2. The molecule has 0 radical (unpaired) electrons. The molecule has 1 aromatic rings. The Kier molecular flexibility index (Phi) is 5.43. The number of urea groups is 1. The Morgan fingerprint density at radius 1 is 1.33 bits per heavy atom. The molecule has 18 heavy (non-hydrogen) atoms. The average Bonchev–Trinajstić information content (AvgIpc) is 2.36. The number of hydrogen-bond acceptors (Lipinski definition) is 1. The zero-order valence-corrected chi connectivity index (χ0v) is 11.6. The summed E-state index contributed by atoms with van der Waals surface area (Å²) in [6.07, 6.45) is 2.66. The van der Waals surface area contributed by atoms with Crippen LogP contribution in [0.2, 0.25) is 0 Å². The number of carbonyl (C=O) groups is 1. The van der Waals surface area contributed by atoms with Crippen LogP contribution in [-0.2, 0) is 6.42 Å². The first kappa shape index (κ1) is 14.3. The van der Waals surface area contributed by atoms with Crippen LogP contribution in [-0.4, -0.2) is 6.03 Å². The van der Waals surface area contributed by atoms with Crippen molar-refractivity contribution < 1.29 is 4.79 Å². The molecule has 0 atom stereocenters. The van der Waals surface area contributed by atoms with Crippen molar-refractivity contribution >= 4 is 11.7 Å². The monoisotopic (exact) mass is 246 g/mol. The summed E-state index contributed by atoms with van der Waals surface area (Å²) in [6.45, 7) is 8.27. The predicted molar refractivity (Wildman–Crippen MR) is 76.6 cm³/mol. The molecule has 0 fully saturated rings. The minimum atomic E-state index is -0.198. The van der Waals surface area contributed by atoms with E-state index < -0.39 is 0 Å². The van der Waals surface area contributed by atoms with Crippen molar-refractivity contribution in [3.63, 3.8) is 0 Å². The second-order valence-corrected chi connectivity index (χ2v) is 4.65. The van der Waals surface area contributed by atoms with Gasteiger partial charge in [-0.25, -0.2) is 4.79 Å². The third-order valence-corrected chi connectivity index (χ3v) is 2.99. The largest absolute Gasteiger partial charge is 0.323 e. The second-order valence-electron chi connectivity index (χ2n) is 4.65. The van der Waals surface area contributed by atoms with Crippen LogP contribution in [0.25, 0.3) is 0 Å². The molecule has 0 bridgehead atoms. The van der Waals surface area contributed by atoms with Gasteiger partial charge in [0.2, 0.25) is 0 Å². The Hall–Kier alpha value is -1.77. The quantitative estimate of drug-likeness (QED) is 0.830. The molecule has 0 saturated carbocycles. The standard InChI is InChI=1S/C15H22N2O/c1-5-13-8-6-7-9-14(13)17-15(18)16-10-12(4)11(2)3/h6-11H,5H2,1-4H3,(H2,16,17,18)/b12-10+. The van der Waals surface area contributed by atoms with Crippen molar-refractivity contribution in [3.8, 4) is 0 Å². The number of para-hydroxylation sites is 1. The summed E-state index contributed by atoms with van der Waals surface area (Å²) in [5, 5.41) is 5.61. The Bertz CT molecular complexity index is 436. The number of anilines is 1. The zero-order valence-electron chi connectivity index (χ0n) is 11.6. The van der Waals surface area contributed by atoms with Gasteiger partial charge in [0.15, 0.2) is 0 Å². The normalized spacial score (nSPS) is 11.5. The molecule has 1 aromatic carbocycles. The first-order valence-corrected chi connectivity index (χ1v) is 6.36. The summed E-state index contributed by atoms with van der Waals surface area (Å²) in [4.78, 5) is 11.7. The molecule has 98 valence electrons. The summed E-state index contributed by atoms with van der Waals surface area (Å²) in [7, 11) is 0. The van der Waals surface area contributed by atoms with Crippen LogP contribution in [0.1, 0.15) is 33.3 Å². The fourth-order valence-electron chi connectivity index (χ4n) is 1.46. The summed E-state index contributed by atoms with van der Waals surface area (Å²) in [6, 6.07) is 7.63. The van der Waals surface area contributed by atoms with Gasteiger partial charge in [0, 0.05) is 11.9 Å². The molecule has 2 N–H and O–H groups in total. The van der Waals surface area contributed by atoms with Gasteiger partial charge in [-0.2, -0.15) is 0 Å². The minimum Gasteiger partial charge on any atom is -0.314 e. The third kappa shape index (κ3) is 4.24. The van der Waals surface area contributed by atoms with E-state index in [4.69, 9.17) is 0 Å². The van der Waals surface area contributed by atoms with Crippen LogP contribution in [0.5, 0.6) is 0 Å². The van der Waals surface area contributed by atoms with E-state index in [2.05, 4.69) is 31.4 Å². The predicted octanol–water partition coefficient (Wildman–Crippen LogP) is 3.93. The van der Waals surface area contributed by atoms with Crippen LogP contribution in [0, 0.1) is 5.92 Å². The number of aryl methyl sites for hydroxylation is 1. The van der Waals surface area contributed by atoms with E-state index in [0.29, 0.717) is 5.92 Å². The Labute approximate surface area is 109 Å². The van der Waals surface area contributed by atoms with Crippen molar-refractivity contribution in [2.75, 3.05) is 5.32 Å². The highest BCUT2D eigenvalue weighted by atomic mass is 16.2. The van der Waals surface area contributed by atoms with E-state index in [-0.39, 0.29) is 6.03 Å². The molecule has 0 aliphatic carbocycles. The topological polar surface area (TPSA) is 41.1 Å². The Morgan fingerprint density at radius 3 is 2.61 bits per heavy atom. The smallest absolute Gasteiger partial charge is 0.314 e. The minimum absolute atomic E-state index is 0.198. The highest BCUT2D eigenvalue weighted by Gasteiger charge is 2.04. The van der Waals surface area contributed by atoms with Gasteiger partial charge in [-0.15, -0.1) is 0 Å². The second kappa shape index (κ2) is 6.84. The molecular formula is C15H22N2O. The number of benzene rings is 1. The number of hydrogen-bond donors (Lipinski definition) is 2. The molecule has 0 aromatic heterocycles. The van der Waals surface area contributed by atoms with Crippen molar-refractivity contribution in [1.29, 1.82) is 0 Å². The first-order chi connectivity index (χ1) is 8.54. The van der Waals surface area contributed by atoms with Crippen LogP contribution < -0.4 is 10.6 Å². The van der Waals surface area contributed by atoms with Gasteiger partial charge in [0.05, 0.1) is 0 Å². The highest BCUT2D eigenvalue weighted by Crippen LogP contribution is 2.15. The maximum absolute atomic E-state index is 11.7. The summed E-state index contributed by atoms with van der Waals surface area (Å²) < 4.78 is 0. The molecule has 0 aliphatic heterocycles. The Balaban J connectivity index is 2.63. The first-order valence-electron chi connectivity index (χ1n) is 6.36. The van der Waals surface area contributed by atoms with E-state index in [1.54, 1.807) is 6.20 Å². The van der Waals surface area contributed by atoms with Crippen molar-refractivity contribution in [3.05, 3.63) is 41.6 Å². The number of allylic oxidation sites excluding steroid dienone is 1. The number of nitrogens with one attached hydrogen (secondary N) is 2. The van der Waals surface area contributed by atoms with Crippen LogP contribution in [0.15, 0.2) is 36.0 Å². The van der Waals surface area contributed by atoms with Crippen LogP contribution in [0.4, 0.5) is 10.5 Å². The summed E-state index contributed by atoms with van der Waals surface area (Å²) in [5.74, 6) is 0.438. The lowest BCUT2D eigenvalue weighted by atomic mass is 10.1. The maximum Gasteiger partial charge on any atom is 0.323 e. The number of rotatable bonds is 4. The molecule has 3 heteroatoms. The van der Waals surface area contributed by atoms with Gasteiger partial charge in [0.25, 0.3) is 0 Å². The van der Waals surface area contributed by atoms with E-state index in [1.807, 2.05) is 31.2 Å². The van der Waals surface area contributed by atoms with Gasteiger partial charge >= 0.3 is 6.03 Å². The fourth-order valence-corrected chi connectivity index (χ4v) is 1.46. The van der Waals surface area contributed by atoms with Crippen molar-refractivity contribution in [2.45, 2.75) is 34.1 Å². The molecule has 1 rings (SSSR count). The molecule has 2 amide bonds. The van der Waals surface area contributed by atoms with Gasteiger partial charge in [-0.3, -0.25) is 0 Å². The van der Waals surface area contributed by atoms with Crippen LogP contribution in [0.3, 0.4) is 0 Å². The lowest BCUT2D eigenvalue weighted by Crippen LogP contribution is -2.25. The summed E-state index contributed by atoms with van der Waals surface area (Å²) in [5.41, 5.74) is 3.15. The molecule has 0 spiro atoms. The Morgan fingerprint density at radius 2 is 2.00 bits per heavy atom. The summed E-state index contributed by atoms with van der Waals surface area (Å²) >= 11 is 0. The molecule has 0 aliphatic rings. The van der Waals surface area contributed by atoms with Gasteiger partial charge in [-0.05, 0) is 30.9 Å². The molecular weight excluding hydrogens is 224 g/mol. The maximum atomic E-state index is 11.7. The van der Waals surface area contributed by atoms with Crippen molar-refractivity contribution in [1.82, 2.24) is 5.32 Å². The molecule has 3 nitrogen and oxygen atoms in total. The number of carbonyl (C=O) groups excluding carboxylic acids is 1. The van der Waals surface area contributed by atoms with E-state index >= 15 is 0 Å². The zero-order chi connectivity index (χ0) is 13.5. The molecule has 0 heterocycles. The SMILES string of the molecule is CCc1ccccc1NC(=O)N/C=C(\C)C(C)C. The average molecular weight is 246 g/mol. The highest BCUT2D eigenvalue weighted by molar-refractivity contribution is 5.90. The van der Waals surface area contributed by atoms with Gasteiger partial charge in [0.1, 0.15) is 0 Å². The van der Waals surface area contributed by atoms with Crippen LogP contribution >= 0.6 is 0 Å². The third-order valence-electron chi connectivity index (χ3n) is 2.99. The fraction of sp³-hybridized carbons (Fsp3) is 0.400. The lowest BCUT2D eigenvalue weighted by Gasteiger charge is -2.10.